The first kappa shape index (κ1) is 16.7. The number of benzene rings is 2. The first-order valence-corrected chi connectivity index (χ1v) is 9.42. The number of para-hydroxylation sites is 3. The second-order valence-corrected chi connectivity index (χ2v) is 6.94. The minimum absolute atomic E-state index is 0.107. The lowest BCUT2D eigenvalue weighted by Gasteiger charge is -2.12. The number of ether oxygens (including phenoxy) is 1. The Morgan fingerprint density at radius 3 is 2.73 bits per heavy atom. The predicted octanol–water partition coefficient (Wildman–Crippen LogP) is 4.14. The molecule has 132 valence electrons. The third kappa shape index (κ3) is 4.05. The molecule has 0 spiro atoms. The van der Waals surface area contributed by atoms with Gasteiger partial charge in [-0.05, 0) is 37.1 Å². The molecular formula is C19H18N4O2S. The van der Waals surface area contributed by atoms with Crippen LogP contribution in [0.25, 0.3) is 0 Å². The van der Waals surface area contributed by atoms with Crippen LogP contribution in [0.15, 0.2) is 66.1 Å². The standard InChI is InChI=1S/C19H18N4O2S/c24-18(12-26-19-22-20-13-23(19)14-10-11-14)21-16-8-4-5-9-17(16)25-15-6-2-1-3-7-15/h1-9,13-14H,10-12H2,(H,21,24). The zero-order valence-electron chi connectivity index (χ0n) is 14.0. The Morgan fingerprint density at radius 1 is 1.15 bits per heavy atom. The summed E-state index contributed by atoms with van der Waals surface area (Å²) >= 11 is 1.40. The van der Waals surface area contributed by atoms with E-state index in [1.807, 2.05) is 59.2 Å². The van der Waals surface area contributed by atoms with Crippen molar-refractivity contribution in [2.24, 2.45) is 0 Å². The molecular weight excluding hydrogens is 348 g/mol. The Labute approximate surface area is 155 Å². The van der Waals surface area contributed by atoms with E-state index in [0.29, 0.717) is 17.5 Å². The van der Waals surface area contributed by atoms with Crippen molar-refractivity contribution in [3.05, 3.63) is 60.9 Å². The summed E-state index contributed by atoms with van der Waals surface area (Å²) in [5.41, 5.74) is 0.644. The fourth-order valence-electron chi connectivity index (χ4n) is 2.53. The fraction of sp³-hybridized carbons (Fsp3) is 0.211. The summed E-state index contributed by atoms with van der Waals surface area (Å²) in [4.78, 5) is 12.4. The number of carbonyl (C=O) groups is 1. The molecule has 0 radical (unpaired) electrons. The molecule has 1 fully saturated rings. The van der Waals surface area contributed by atoms with Crippen molar-refractivity contribution in [3.8, 4) is 11.5 Å². The van der Waals surface area contributed by atoms with Crippen LogP contribution in [0.2, 0.25) is 0 Å². The molecule has 1 N–H and O–H groups in total. The molecule has 0 bridgehead atoms. The number of thioether (sulfide) groups is 1. The van der Waals surface area contributed by atoms with Crippen LogP contribution in [0, 0.1) is 0 Å². The summed E-state index contributed by atoms with van der Waals surface area (Å²) in [7, 11) is 0. The quantitative estimate of drug-likeness (QED) is 0.637. The molecule has 1 aliphatic rings. The molecule has 7 heteroatoms. The number of amides is 1. The molecule has 6 nitrogen and oxygen atoms in total. The van der Waals surface area contributed by atoms with Crippen molar-refractivity contribution in [2.45, 2.75) is 24.0 Å². The van der Waals surface area contributed by atoms with Gasteiger partial charge in [0.2, 0.25) is 5.91 Å². The van der Waals surface area contributed by atoms with E-state index in [1.54, 1.807) is 6.33 Å². The molecule has 3 aromatic rings. The summed E-state index contributed by atoms with van der Waals surface area (Å²) in [6.07, 6.45) is 4.05. The predicted molar refractivity (Wildman–Crippen MR) is 101 cm³/mol. The molecule has 0 saturated heterocycles. The van der Waals surface area contributed by atoms with E-state index in [0.717, 1.165) is 23.7 Å². The Hall–Kier alpha value is -2.80. The highest BCUT2D eigenvalue weighted by molar-refractivity contribution is 7.99. The van der Waals surface area contributed by atoms with E-state index >= 15 is 0 Å². The Bertz CT molecular complexity index is 893. The third-order valence-corrected chi connectivity index (χ3v) is 4.90. The topological polar surface area (TPSA) is 69.0 Å². The molecule has 0 aliphatic heterocycles. The summed E-state index contributed by atoms with van der Waals surface area (Å²) < 4.78 is 7.92. The van der Waals surface area contributed by atoms with E-state index in [9.17, 15) is 4.79 Å². The Kier molecular flexibility index (Phi) is 4.88. The van der Waals surface area contributed by atoms with Crippen LogP contribution < -0.4 is 10.1 Å². The molecule has 0 atom stereocenters. The van der Waals surface area contributed by atoms with Gasteiger partial charge in [0.15, 0.2) is 10.9 Å². The molecule has 1 saturated carbocycles. The Balaban J connectivity index is 1.39. The van der Waals surface area contributed by atoms with E-state index in [4.69, 9.17) is 4.74 Å². The average molecular weight is 366 g/mol. The van der Waals surface area contributed by atoms with E-state index in [1.165, 1.54) is 11.8 Å². The lowest BCUT2D eigenvalue weighted by atomic mass is 10.3. The van der Waals surface area contributed by atoms with Crippen LogP contribution in [0.3, 0.4) is 0 Å². The van der Waals surface area contributed by atoms with Crippen molar-refractivity contribution in [1.82, 2.24) is 14.8 Å². The van der Waals surface area contributed by atoms with E-state index in [2.05, 4.69) is 15.5 Å². The van der Waals surface area contributed by atoms with Crippen LogP contribution in [-0.2, 0) is 4.79 Å². The van der Waals surface area contributed by atoms with E-state index in [-0.39, 0.29) is 11.7 Å². The number of aromatic nitrogens is 3. The molecule has 1 aliphatic carbocycles. The minimum Gasteiger partial charge on any atom is -0.455 e. The van der Waals surface area contributed by atoms with Gasteiger partial charge in [-0.15, -0.1) is 10.2 Å². The van der Waals surface area contributed by atoms with Crippen LogP contribution >= 0.6 is 11.8 Å². The largest absolute Gasteiger partial charge is 0.455 e. The summed E-state index contributed by atoms with van der Waals surface area (Å²) in [6.45, 7) is 0. The third-order valence-electron chi connectivity index (χ3n) is 3.94. The van der Waals surface area contributed by atoms with Gasteiger partial charge in [0.05, 0.1) is 11.4 Å². The van der Waals surface area contributed by atoms with Crippen molar-refractivity contribution < 1.29 is 9.53 Å². The molecule has 1 amide bonds. The van der Waals surface area contributed by atoms with E-state index < -0.39 is 0 Å². The van der Waals surface area contributed by atoms with Crippen LogP contribution in [-0.4, -0.2) is 26.4 Å². The zero-order chi connectivity index (χ0) is 17.8. The van der Waals surface area contributed by atoms with Gasteiger partial charge in [0.25, 0.3) is 0 Å². The highest BCUT2D eigenvalue weighted by Gasteiger charge is 2.26. The van der Waals surface area contributed by atoms with Gasteiger partial charge >= 0.3 is 0 Å². The summed E-state index contributed by atoms with van der Waals surface area (Å²) in [6, 6.07) is 17.4. The van der Waals surface area contributed by atoms with Gasteiger partial charge < -0.3 is 14.6 Å². The molecule has 4 rings (SSSR count). The number of rotatable bonds is 7. The first-order valence-electron chi connectivity index (χ1n) is 8.44. The number of hydrogen-bond acceptors (Lipinski definition) is 5. The maximum atomic E-state index is 12.4. The van der Waals surface area contributed by atoms with Crippen LogP contribution in [0.4, 0.5) is 5.69 Å². The van der Waals surface area contributed by atoms with Crippen molar-refractivity contribution in [3.63, 3.8) is 0 Å². The maximum absolute atomic E-state index is 12.4. The second-order valence-electron chi connectivity index (χ2n) is 6.00. The number of hydrogen-bond donors (Lipinski definition) is 1. The van der Waals surface area contributed by atoms with Gasteiger partial charge in [0, 0.05) is 6.04 Å². The molecule has 2 aromatic carbocycles. The molecule has 0 unspecified atom stereocenters. The monoisotopic (exact) mass is 366 g/mol. The highest BCUT2D eigenvalue weighted by Crippen LogP contribution is 2.37. The summed E-state index contributed by atoms with van der Waals surface area (Å²) in [5, 5.41) is 11.8. The summed E-state index contributed by atoms with van der Waals surface area (Å²) in [5.74, 6) is 1.49. The van der Waals surface area contributed by atoms with Crippen molar-refractivity contribution in [2.75, 3.05) is 11.1 Å². The number of carbonyl (C=O) groups excluding carboxylic acids is 1. The lowest BCUT2D eigenvalue weighted by molar-refractivity contribution is -0.113. The normalized spacial score (nSPS) is 13.4. The van der Waals surface area contributed by atoms with Gasteiger partial charge in [-0.25, -0.2) is 0 Å². The molecule has 1 heterocycles. The lowest BCUT2D eigenvalue weighted by Crippen LogP contribution is -2.15. The number of anilines is 1. The van der Waals surface area contributed by atoms with Crippen molar-refractivity contribution in [1.29, 1.82) is 0 Å². The molecule has 1 aromatic heterocycles. The van der Waals surface area contributed by atoms with Gasteiger partial charge in [0.1, 0.15) is 12.1 Å². The number of nitrogens with one attached hydrogen (secondary N) is 1. The SMILES string of the molecule is O=C(CSc1nncn1C1CC1)Nc1ccccc1Oc1ccccc1. The molecule has 26 heavy (non-hydrogen) atoms. The van der Waals surface area contributed by atoms with Gasteiger partial charge in [-0.2, -0.15) is 0 Å². The average Bonchev–Trinajstić information content (AvgIpc) is 3.40. The number of nitrogens with zero attached hydrogens (tertiary/aromatic N) is 3. The minimum atomic E-state index is -0.107. The second kappa shape index (κ2) is 7.61. The van der Waals surface area contributed by atoms with Crippen LogP contribution in [0.5, 0.6) is 11.5 Å². The highest BCUT2D eigenvalue weighted by atomic mass is 32.2. The first-order chi connectivity index (χ1) is 12.8. The Morgan fingerprint density at radius 2 is 1.92 bits per heavy atom. The van der Waals surface area contributed by atoms with Gasteiger partial charge in [-0.3, -0.25) is 4.79 Å². The van der Waals surface area contributed by atoms with Crippen LogP contribution in [0.1, 0.15) is 18.9 Å². The fourth-order valence-corrected chi connectivity index (χ4v) is 3.31. The maximum Gasteiger partial charge on any atom is 0.234 e. The van der Waals surface area contributed by atoms with Gasteiger partial charge in [-0.1, -0.05) is 42.1 Å². The smallest absolute Gasteiger partial charge is 0.234 e. The van der Waals surface area contributed by atoms with Crippen molar-refractivity contribution >= 4 is 23.4 Å². The zero-order valence-corrected chi connectivity index (χ0v) is 14.9.